The van der Waals surface area contributed by atoms with Crippen LogP contribution in [-0.4, -0.2) is 128 Å². The fraction of sp³-hybridized carbons (Fsp3) is 0.727. The maximum absolute atomic E-state index is 10.2. The van der Waals surface area contributed by atoms with Crippen molar-refractivity contribution in [2.75, 3.05) is 19.7 Å². The maximum atomic E-state index is 10.2. The van der Waals surface area contributed by atoms with E-state index in [9.17, 15) is 24.0 Å². The monoisotopic (exact) mass is 633 g/mol. The number of nitrogens with two attached hydrogens (primary N) is 7. The highest BCUT2D eigenvalue weighted by Gasteiger charge is 2.16. The van der Waals surface area contributed by atoms with Crippen molar-refractivity contribution in [1.29, 1.82) is 5.41 Å². The highest BCUT2D eigenvalue weighted by atomic mass is 16.4. The van der Waals surface area contributed by atoms with Crippen molar-refractivity contribution in [3.8, 4) is 0 Å². The number of aliphatic carboxylic acids is 5. The molecule has 0 bridgehead atoms. The normalized spacial score (nSPS) is 13.7. The van der Waals surface area contributed by atoms with Gasteiger partial charge in [0.15, 0.2) is 5.96 Å². The summed E-state index contributed by atoms with van der Waals surface area (Å²) in [5, 5.41) is 66.4. The van der Waals surface area contributed by atoms with E-state index in [1.165, 1.54) is 13.8 Å². The number of unbranched alkanes of at least 4 members (excludes halogenated alkanes) is 1. The molecular formula is C22H51N9O12. The number of nitrogens with one attached hydrogen (secondary N) is 2. The number of guanidine groups is 1. The average Bonchev–Trinajstić information content (AvgIpc) is 2.90. The molecule has 0 heterocycles. The Bertz CT molecular complexity index is 789. The van der Waals surface area contributed by atoms with Gasteiger partial charge in [0.05, 0.1) is 12.7 Å². The third-order valence-corrected chi connectivity index (χ3v) is 4.32. The van der Waals surface area contributed by atoms with Gasteiger partial charge in [0.1, 0.15) is 30.2 Å². The first-order valence-electron chi connectivity index (χ1n) is 12.6. The van der Waals surface area contributed by atoms with Crippen molar-refractivity contribution in [3.05, 3.63) is 0 Å². The minimum Gasteiger partial charge on any atom is -0.480 e. The molecule has 0 fully saturated rings. The van der Waals surface area contributed by atoms with Crippen molar-refractivity contribution < 1.29 is 59.7 Å². The molecule has 0 rings (SSSR count). The van der Waals surface area contributed by atoms with Crippen molar-refractivity contribution in [2.45, 2.75) is 82.3 Å². The molecule has 0 saturated carbocycles. The molecule has 256 valence electrons. The SMILES string of the molecule is CC(N)C(=O)O.CC(O)C(N)C(=O)O.N=C(N)NCCCC(N)C(=O)O.NC(CO)C(=O)O.NCCCCC(N)C(=O)O. The van der Waals surface area contributed by atoms with Crippen molar-refractivity contribution in [2.24, 2.45) is 40.1 Å². The highest BCUT2D eigenvalue weighted by molar-refractivity contribution is 5.75. The van der Waals surface area contributed by atoms with Crippen molar-refractivity contribution in [3.63, 3.8) is 0 Å². The van der Waals surface area contributed by atoms with Crippen LogP contribution in [0.4, 0.5) is 0 Å². The molecule has 0 aliphatic rings. The van der Waals surface area contributed by atoms with Crippen LogP contribution in [-0.2, 0) is 24.0 Å². The molecule has 0 saturated heterocycles. The molecular weight excluding hydrogens is 582 g/mol. The molecule has 0 radical (unpaired) electrons. The summed E-state index contributed by atoms with van der Waals surface area (Å²) in [6.45, 7) is 3.33. The van der Waals surface area contributed by atoms with Gasteiger partial charge in [-0.1, -0.05) is 6.42 Å². The molecule has 0 spiro atoms. The summed E-state index contributed by atoms with van der Waals surface area (Å²) in [6, 6.07) is -4.55. The fourth-order valence-electron chi connectivity index (χ4n) is 1.59. The van der Waals surface area contributed by atoms with E-state index < -0.39 is 72.8 Å². The lowest BCUT2D eigenvalue weighted by Crippen LogP contribution is -2.39. The Labute approximate surface area is 248 Å². The molecule has 0 aliphatic heterocycles. The Morgan fingerprint density at radius 3 is 1.26 bits per heavy atom. The number of aliphatic hydroxyl groups excluding tert-OH is 2. The fourth-order valence-corrected chi connectivity index (χ4v) is 1.59. The minimum absolute atomic E-state index is 0.112. The molecule has 21 heteroatoms. The predicted molar refractivity (Wildman–Crippen MR) is 155 cm³/mol. The largest absolute Gasteiger partial charge is 0.480 e. The van der Waals surface area contributed by atoms with Crippen LogP contribution in [0.2, 0.25) is 0 Å². The lowest BCUT2D eigenvalue weighted by Gasteiger charge is -2.06. The van der Waals surface area contributed by atoms with Crippen molar-refractivity contribution >= 4 is 35.8 Å². The van der Waals surface area contributed by atoms with Gasteiger partial charge in [-0.25, -0.2) is 0 Å². The van der Waals surface area contributed by atoms with Crippen LogP contribution in [0.1, 0.15) is 46.0 Å². The Kier molecular flexibility index (Phi) is 35.6. The van der Waals surface area contributed by atoms with E-state index in [4.69, 9.17) is 81.3 Å². The Balaban J connectivity index is -0.000000143. The van der Waals surface area contributed by atoms with Crippen molar-refractivity contribution in [1.82, 2.24) is 5.32 Å². The summed E-state index contributed by atoms with van der Waals surface area (Å²) in [5.74, 6) is -5.37. The number of carbonyl (C=O) groups is 5. The quantitative estimate of drug-likeness (QED) is 0.0454. The first kappa shape index (κ1) is 49.0. The minimum atomic E-state index is -1.18. The lowest BCUT2D eigenvalue weighted by atomic mass is 10.1. The van der Waals surface area contributed by atoms with E-state index in [1.807, 2.05) is 0 Å². The van der Waals surface area contributed by atoms with Gasteiger partial charge >= 0.3 is 29.8 Å². The van der Waals surface area contributed by atoms with Crippen LogP contribution in [0.25, 0.3) is 0 Å². The van der Waals surface area contributed by atoms with Gasteiger partial charge in [0.25, 0.3) is 0 Å². The lowest BCUT2D eigenvalue weighted by molar-refractivity contribution is -0.141. The Morgan fingerprint density at radius 2 is 1.07 bits per heavy atom. The molecule has 43 heavy (non-hydrogen) atoms. The van der Waals surface area contributed by atoms with E-state index in [2.05, 4.69) is 5.32 Å². The van der Waals surface area contributed by atoms with E-state index >= 15 is 0 Å². The zero-order valence-corrected chi connectivity index (χ0v) is 24.3. The van der Waals surface area contributed by atoms with Gasteiger partial charge in [-0.15, -0.1) is 0 Å². The van der Waals surface area contributed by atoms with Crippen LogP contribution in [0.15, 0.2) is 0 Å². The van der Waals surface area contributed by atoms with Gasteiger partial charge in [0.2, 0.25) is 0 Å². The summed E-state index contributed by atoms with van der Waals surface area (Å²) in [4.78, 5) is 49.4. The van der Waals surface area contributed by atoms with Crippen LogP contribution < -0.4 is 45.5 Å². The maximum Gasteiger partial charge on any atom is 0.323 e. The summed E-state index contributed by atoms with van der Waals surface area (Å²) in [6.07, 6.45) is 2.16. The van der Waals surface area contributed by atoms with Crippen LogP contribution in [0.3, 0.4) is 0 Å². The summed E-state index contributed by atoms with van der Waals surface area (Å²) in [7, 11) is 0. The second kappa shape index (κ2) is 31.2. The highest BCUT2D eigenvalue weighted by Crippen LogP contribution is 1.97. The molecule has 6 unspecified atom stereocenters. The first-order chi connectivity index (χ1) is 19.6. The van der Waals surface area contributed by atoms with Gasteiger partial charge in [0, 0.05) is 6.54 Å². The second-order valence-corrected chi connectivity index (χ2v) is 8.52. The number of hydrogen-bond acceptors (Lipinski definition) is 14. The third-order valence-electron chi connectivity index (χ3n) is 4.32. The molecule has 0 aliphatic carbocycles. The molecule has 6 atom stereocenters. The van der Waals surface area contributed by atoms with E-state index in [0.717, 1.165) is 12.8 Å². The number of carboxylic acids is 5. The Morgan fingerprint density at radius 1 is 0.698 bits per heavy atom. The van der Waals surface area contributed by atoms with Crippen LogP contribution >= 0.6 is 0 Å². The number of aliphatic hydroxyl groups is 2. The van der Waals surface area contributed by atoms with Crippen LogP contribution in [0.5, 0.6) is 0 Å². The molecule has 0 aromatic heterocycles. The molecule has 23 N–H and O–H groups in total. The first-order valence-corrected chi connectivity index (χ1v) is 12.6. The smallest absolute Gasteiger partial charge is 0.323 e. The van der Waals surface area contributed by atoms with Gasteiger partial charge in [-0.05, 0) is 46.1 Å². The topological polar surface area (TPSA) is 445 Å². The Hall–Kier alpha value is -3.70. The van der Waals surface area contributed by atoms with Gasteiger partial charge in [-0.2, -0.15) is 0 Å². The number of carboxylic acid groups (broad SMARTS) is 5. The van der Waals surface area contributed by atoms with Gasteiger partial charge < -0.3 is 81.2 Å². The van der Waals surface area contributed by atoms with Gasteiger partial charge in [-0.3, -0.25) is 29.4 Å². The second-order valence-electron chi connectivity index (χ2n) is 8.52. The van der Waals surface area contributed by atoms with Crippen LogP contribution in [0, 0.1) is 5.41 Å². The summed E-state index contributed by atoms with van der Waals surface area (Å²) in [5.41, 5.74) is 35.1. The van der Waals surface area contributed by atoms with E-state index in [0.29, 0.717) is 32.4 Å². The number of rotatable bonds is 15. The van der Waals surface area contributed by atoms with E-state index in [-0.39, 0.29) is 5.96 Å². The van der Waals surface area contributed by atoms with E-state index in [1.54, 1.807) is 0 Å². The average molecular weight is 634 g/mol. The molecule has 21 nitrogen and oxygen atoms in total. The summed E-state index contributed by atoms with van der Waals surface area (Å²) < 4.78 is 0. The summed E-state index contributed by atoms with van der Waals surface area (Å²) >= 11 is 0. The molecule has 0 aromatic rings. The molecule has 0 aromatic carbocycles. The standard InChI is InChI=1S/C6H14N4O2.C6H14N2O2.C4H9NO3.C3H7NO3.C3H7NO2/c7-4(5(11)12)2-1-3-10-6(8)9;7-4-2-1-3-5(8)6(9)10;1-2(6)3(5)4(7)8;4-2(1-5)3(6)7;1-2(4)3(5)6/h4H,1-3,7H2,(H,11,12)(H4,8,9,10);5H,1-4,7-8H2,(H,9,10);2-3,6H,5H2,1H3,(H,7,8);2,5H,1,4H2,(H,6,7);2H,4H2,1H3,(H,5,6). The number of hydrogen-bond donors (Lipinski definition) is 16. The molecule has 0 amide bonds. The zero-order chi connectivity index (χ0) is 35.3. The predicted octanol–water partition coefficient (Wildman–Crippen LogP) is -5.22. The third kappa shape index (κ3) is 42.9. The zero-order valence-electron chi connectivity index (χ0n) is 24.3.